The van der Waals surface area contributed by atoms with Gasteiger partial charge in [-0.15, -0.1) is 0 Å². The molecule has 0 fully saturated rings. The summed E-state index contributed by atoms with van der Waals surface area (Å²) in [5.74, 6) is -1.55. The Labute approximate surface area is 119 Å². The number of aliphatic carboxylic acids is 1. The largest absolute Gasteiger partial charge is 0.497 e. The minimum absolute atomic E-state index is 0.0672. The summed E-state index contributed by atoms with van der Waals surface area (Å²) in [4.78, 5) is 20.0. The van der Waals surface area contributed by atoms with E-state index in [1.54, 1.807) is 4.72 Å². The van der Waals surface area contributed by atoms with Crippen LogP contribution in [0.1, 0.15) is 0 Å². The van der Waals surface area contributed by atoms with E-state index in [2.05, 4.69) is 0 Å². The topological polar surface area (TPSA) is 156 Å². The van der Waals surface area contributed by atoms with Crippen LogP contribution in [0.3, 0.4) is 0 Å². The fourth-order valence-electron chi connectivity index (χ4n) is 1.41. The molecule has 0 bridgehead atoms. The van der Waals surface area contributed by atoms with Crippen LogP contribution >= 0.6 is 0 Å². The number of rotatable bonds is 7. The van der Waals surface area contributed by atoms with Crippen molar-refractivity contribution < 1.29 is 33.1 Å². The fraction of sp³-hybridized carbons (Fsp3) is 0.300. The van der Waals surface area contributed by atoms with Gasteiger partial charge in [0.05, 0.1) is 24.7 Å². The second-order valence-electron chi connectivity index (χ2n) is 3.79. The Morgan fingerprint density at radius 2 is 2.14 bits per heavy atom. The quantitative estimate of drug-likeness (QED) is 0.441. The average molecular weight is 320 g/mol. The number of hydrogen-bond acceptors (Lipinski definition) is 7. The molecule has 1 aromatic rings. The SMILES string of the molecule is COc1ccc(S(=O)(=O)N[C@H](CO)C(=O)O)c([N+](=O)[O-])c1. The number of aliphatic hydroxyl groups excluding tert-OH is 1. The van der Waals surface area contributed by atoms with E-state index in [4.69, 9.17) is 14.9 Å². The summed E-state index contributed by atoms with van der Waals surface area (Å²) in [5, 5.41) is 28.4. The molecule has 1 aromatic carbocycles. The van der Waals surface area contributed by atoms with Crippen LogP contribution in [0.5, 0.6) is 5.75 Å². The van der Waals surface area contributed by atoms with Gasteiger partial charge in [0.2, 0.25) is 10.0 Å². The molecule has 0 aliphatic heterocycles. The summed E-state index contributed by atoms with van der Waals surface area (Å²) in [6, 6.07) is 1.17. The van der Waals surface area contributed by atoms with Crippen molar-refractivity contribution in [2.75, 3.05) is 13.7 Å². The maximum absolute atomic E-state index is 12.0. The van der Waals surface area contributed by atoms with Gasteiger partial charge in [0, 0.05) is 0 Å². The van der Waals surface area contributed by atoms with Crippen molar-refractivity contribution in [3.8, 4) is 5.75 Å². The van der Waals surface area contributed by atoms with Gasteiger partial charge in [-0.25, -0.2) is 8.42 Å². The molecule has 0 saturated heterocycles. The van der Waals surface area contributed by atoms with Crippen molar-refractivity contribution in [1.29, 1.82) is 0 Å². The van der Waals surface area contributed by atoms with Gasteiger partial charge < -0.3 is 14.9 Å². The minimum atomic E-state index is -4.51. The van der Waals surface area contributed by atoms with Crippen molar-refractivity contribution in [2.24, 2.45) is 0 Å². The molecule has 0 aromatic heterocycles. The number of methoxy groups -OCH3 is 1. The van der Waals surface area contributed by atoms with Crippen LogP contribution in [0.4, 0.5) is 5.69 Å². The molecule has 0 amide bonds. The Kier molecular flexibility index (Phi) is 5.18. The molecule has 0 spiro atoms. The summed E-state index contributed by atoms with van der Waals surface area (Å²) < 4.78 is 30.4. The van der Waals surface area contributed by atoms with Crippen LogP contribution < -0.4 is 9.46 Å². The highest BCUT2D eigenvalue weighted by Gasteiger charge is 2.30. The molecule has 0 radical (unpaired) electrons. The summed E-state index contributed by atoms with van der Waals surface area (Å²) in [5.41, 5.74) is -0.774. The second-order valence-corrected chi connectivity index (χ2v) is 5.47. The molecule has 116 valence electrons. The van der Waals surface area contributed by atoms with Crippen LogP contribution in [0, 0.1) is 10.1 Å². The Balaban J connectivity index is 3.31. The van der Waals surface area contributed by atoms with Gasteiger partial charge >= 0.3 is 5.97 Å². The van der Waals surface area contributed by atoms with Gasteiger partial charge in [-0.2, -0.15) is 4.72 Å². The molecule has 0 aliphatic carbocycles. The maximum Gasteiger partial charge on any atom is 0.324 e. The van der Waals surface area contributed by atoms with Gasteiger partial charge in [-0.3, -0.25) is 14.9 Å². The predicted octanol–water partition coefficient (Wildman–Crippen LogP) is -0.673. The molecular weight excluding hydrogens is 308 g/mol. The predicted molar refractivity (Wildman–Crippen MR) is 68.5 cm³/mol. The zero-order valence-electron chi connectivity index (χ0n) is 10.7. The number of nitro benzene ring substituents is 1. The molecule has 11 heteroatoms. The van der Waals surface area contributed by atoms with Crippen molar-refractivity contribution >= 4 is 21.7 Å². The first-order chi connectivity index (χ1) is 9.72. The van der Waals surface area contributed by atoms with E-state index in [9.17, 15) is 23.3 Å². The van der Waals surface area contributed by atoms with Crippen molar-refractivity contribution in [3.05, 3.63) is 28.3 Å². The van der Waals surface area contributed by atoms with Gasteiger partial charge in [0.15, 0.2) is 4.90 Å². The third-order valence-electron chi connectivity index (χ3n) is 2.43. The molecule has 1 atom stereocenters. The highest BCUT2D eigenvalue weighted by atomic mass is 32.2. The molecular formula is C10H12N2O8S. The van der Waals surface area contributed by atoms with Gasteiger partial charge in [-0.1, -0.05) is 0 Å². The molecule has 10 nitrogen and oxygen atoms in total. The molecule has 3 N–H and O–H groups in total. The summed E-state index contributed by atoms with van der Waals surface area (Å²) >= 11 is 0. The molecule has 21 heavy (non-hydrogen) atoms. The number of nitrogens with one attached hydrogen (secondary N) is 1. The number of carboxylic acid groups (broad SMARTS) is 1. The van der Waals surface area contributed by atoms with Gasteiger partial charge in [-0.05, 0) is 12.1 Å². The molecule has 0 aliphatic rings. The number of carbonyl (C=O) groups is 1. The number of carboxylic acids is 1. The van der Waals surface area contributed by atoms with E-state index < -0.39 is 44.1 Å². The minimum Gasteiger partial charge on any atom is -0.497 e. The number of benzene rings is 1. The number of hydrogen-bond donors (Lipinski definition) is 3. The van der Waals surface area contributed by atoms with Crippen LogP contribution in [-0.4, -0.2) is 49.3 Å². The molecule has 0 heterocycles. The zero-order chi connectivity index (χ0) is 16.2. The lowest BCUT2D eigenvalue weighted by Gasteiger charge is -2.12. The Morgan fingerprint density at radius 1 is 1.52 bits per heavy atom. The van der Waals surface area contributed by atoms with Crippen LogP contribution in [0.2, 0.25) is 0 Å². The van der Waals surface area contributed by atoms with E-state index in [-0.39, 0.29) is 5.75 Å². The van der Waals surface area contributed by atoms with E-state index in [1.165, 1.54) is 13.2 Å². The number of nitro groups is 1. The first-order valence-corrected chi connectivity index (χ1v) is 6.89. The lowest BCUT2D eigenvalue weighted by atomic mass is 10.3. The Bertz CT molecular complexity index is 657. The Hall–Kier alpha value is -2.24. The average Bonchev–Trinajstić information content (AvgIpc) is 2.43. The maximum atomic E-state index is 12.0. The molecule has 0 saturated carbocycles. The highest BCUT2D eigenvalue weighted by Crippen LogP contribution is 2.28. The Morgan fingerprint density at radius 3 is 2.57 bits per heavy atom. The lowest BCUT2D eigenvalue weighted by Crippen LogP contribution is -2.43. The van der Waals surface area contributed by atoms with Crippen LogP contribution in [-0.2, 0) is 14.8 Å². The van der Waals surface area contributed by atoms with Crippen molar-refractivity contribution in [1.82, 2.24) is 4.72 Å². The third-order valence-corrected chi connectivity index (χ3v) is 3.95. The van der Waals surface area contributed by atoms with Crippen molar-refractivity contribution in [3.63, 3.8) is 0 Å². The van der Waals surface area contributed by atoms with Gasteiger partial charge in [0.1, 0.15) is 11.8 Å². The van der Waals surface area contributed by atoms with Gasteiger partial charge in [0.25, 0.3) is 5.69 Å². The summed E-state index contributed by atoms with van der Waals surface area (Å²) in [7, 11) is -3.26. The number of ether oxygens (including phenoxy) is 1. The van der Waals surface area contributed by atoms with Crippen LogP contribution in [0.25, 0.3) is 0 Å². The second kappa shape index (κ2) is 6.47. The zero-order valence-corrected chi connectivity index (χ0v) is 11.5. The highest BCUT2D eigenvalue weighted by molar-refractivity contribution is 7.89. The van der Waals surface area contributed by atoms with E-state index in [0.29, 0.717) is 0 Å². The lowest BCUT2D eigenvalue weighted by molar-refractivity contribution is -0.387. The number of nitrogens with zero attached hydrogens (tertiary/aromatic N) is 1. The number of aliphatic hydroxyl groups is 1. The normalized spacial score (nSPS) is 12.7. The van der Waals surface area contributed by atoms with E-state index in [0.717, 1.165) is 12.1 Å². The van der Waals surface area contributed by atoms with E-state index in [1.807, 2.05) is 0 Å². The first-order valence-electron chi connectivity index (χ1n) is 5.41. The monoisotopic (exact) mass is 320 g/mol. The standard InChI is InChI=1S/C10H12N2O8S/c1-20-6-2-3-9(8(4-6)12(16)17)21(18,19)11-7(5-13)10(14)15/h2-4,7,11,13H,5H2,1H3,(H,14,15)/t7-/m1/s1. The summed E-state index contributed by atoms with van der Waals surface area (Å²) in [6.45, 7) is -1.00. The summed E-state index contributed by atoms with van der Waals surface area (Å²) in [6.07, 6.45) is 0. The third kappa shape index (κ3) is 3.87. The van der Waals surface area contributed by atoms with Crippen LogP contribution in [0.15, 0.2) is 23.1 Å². The number of sulfonamides is 1. The smallest absolute Gasteiger partial charge is 0.324 e. The molecule has 0 unspecified atom stereocenters. The first kappa shape index (κ1) is 16.8. The fourth-order valence-corrected chi connectivity index (χ4v) is 2.74. The molecule has 1 rings (SSSR count). The van der Waals surface area contributed by atoms with Crippen molar-refractivity contribution in [2.45, 2.75) is 10.9 Å². The van der Waals surface area contributed by atoms with E-state index >= 15 is 0 Å².